The minimum atomic E-state index is 0. The molecular weight excluding hydrogens is 469 g/mol. The number of hydrogen-bond acceptors (Lipinski definition) is 5. The lowest BCUT2D eigenvalue weighted by Crippen LogP contribution is -2.52. The van der Waals surface area contributed by atoms with E-state index in [1.165, 1.54) is 5.69 Å². The number of unbranched alkanes of at least 4 members (excludes halogenated alkanes) is 1. The summed E-state index contributed by atoms with van der Waals surface area (Å²) < 4.78 is 7.24. The van der Waals surface area contributed by atoms with E-state index in [1.807, 2.05) is 23.7 Å². The quantitative estimate of drug-likeness (QED) is 0.272. The van der Waals surface area contributed by atoms with Gasteiger partial charge in [0.25, 0.3) is 0 Å². The van der Waals surface area contributed by atoms with Gasteiger partial charge in [0.2, 0.25) is 0 Å². The van der Waals surface area contributed by atoms with Crippen molar-refractivity contribution < 1.29 is 4.74 Å². The van der Waals surface area contributed by atoms with Crippen molar-refractivity contribution in [1.29, 1.82) is 0 Å². The van der Waals surface area contributed by atoms with Gasteiger partial charge in [0, 0.05) is 52.0 Å². The predicted molar refractivity (Wildman–Crippen MR) is 123 cm³/mol. The summed E-state index contributed by atoms with van der Waals surface area (Å²) in [6, 6.07) is 8.28. The summed E-state index contributed by atoms with van der Waals surface area (Å²) >= 11 is 0. The maximum absolute atomic E-state index is 5.24. The maximum atomic E-state index is 5.24. The van der Waals surface area contributed by atoms with Crippen LogP contribution < -0.4 is 15.0 Å². The third-order valence-electron chi connectivity index (χ3n) is 4.82. The van der Waals surface area contributed by atoms with Crippen molar-refractivity contribution in [3.8, 4) is 5.75 Å². The Hall–Kier alpha value is -2.04. The molecule has 3 rings (SSSR count). The second kappa shape index (κ2) is 11.7. The number of piperazine rings is 1. The summed E-state index contributed by atoms with van der Waals surface area (Å²) in [6.45, 7) is 5.78. The molecule has 0 aliphatic carbocycles. The SMILES string of the molecule is CN=C(NCCCCn1cnnc1)N1CCN(c2ccc(OC)cc2)CC1.I. The molecule has 8 nitrogen and oxygen atoms in total. The first kappa shape index (κ1) is 22.3. The first-order chi connectivity index (χ1) is 13.3. The van der Waals surface area contributed by atoms with Crippen LogP contribution in [0, 0.1) is 0 Å². The molecule has 1 aromatic carbocycles. The molecule has 2 aromatic rings. The van der Waals surface area contributed by atoms with Crippen LogP contribution in [0.3, 0.4) is 0 Å². The van der Waals surface area contributed by atoms with Gasteiger partial charge in [-0.25, -0.2) is 0 Å². The second-order valence-electron chi connectivity index (χ2n) is 6.55. The van der Waals surface area contributed by atoms with Crippen LogP contribution in [0.1, 0.15) is 12.8 Å². The third kappa shape index (κ3) is 6.25. The molecule has 0 atom stereocenters. The highest BCUT2D eigenvalue weighted by Crippen LogP contribution is 2.20. The highest BCUT2D eigenvalue weighted by atomic mass is 127. The summed E-state index contributed by atoms with van der Waals surface area (Å²) in [5, 5.41) is 11.1. The Morgan fingerprint density at radius 1 is 1.07 bits per heavy atom. The Labute approximate surface area is 184 Å². The molecule has 0 saturated carbocycles. The highest BCUT2D eigenvalue weighted by Gasteiger charge is 2.19. The smallest absolute Gasteiger partial charge is 0.193 e. The zero-order chi connectivity index (χ0) is 18.9. The van der Waals surface area contributed by atoms with E-state index in [2.05, 4.69) is 42.4 Å². The Kier molecular flexibility index (Phi) is 9.32. The van der Waals surface area contributed by atoms with Crippen LogP contribution >= 0.6 is 24.0 Å². The van der Waals surface area contributed by atoms with Crippen LogP contribution in [0.4, 0.5) is 5.69 Å². The first-order valence-corrected chi connectivity index (χ1v) is 9.47. The Morgan fingerprint density at radius 3 is 2.36 bits per heavy atom. The lowest BCUT2D eigenvalue weighted by Gasteiger charge is -2.37. The number of aromatic nitrogens is 3. The number of benzene rings is 1. The summed E-state index contributed by atoms with van der Waals surface area (Å²) in [4.78, 5) is 9.19. The maximum Gasteiger partial charge on any atom is 0.193 e. The van der Waals surface area contributed by atoms with Crippen LogP contribution in [0.15, 0.2) is 41.9 Å². The van der Waals surface area contributed by atoms with Gasteiger partial charge in [-0.1, -0.05) is 0 Å². The van der Waals surface area contributed by atoms with Crippen molar-refractivity contribution in [3.63, 3.8) is 0 Å². The number of nitrogens with one attached hydrogen (secondary N) is 1. The molecule has 0 spiro atoms. The predicted octanol–water partition coefficient (Wildman–Crippen LogP) is 2.08. The van der Waals surface area contributed by atoms with Gasteiger partial charge in [-0.3, -0.25) is 4.99 Å². The number of rotatable bonds is 7. The van der Waals surface area contributed by atoms with Gasteiger partial charge >= 0.3 is 0 Å². The van der Waals surface area contributed by atoms with Crippen molar-refractivity contribution in [3.05, 3.63) is 36.9 Å². The van der Waals surface area contributed by atoms with Crippen LogP contribution in [-0.2, 0) is 6.54 Å². The van der Waals surface area contributed by atoms with Gasteiger partial charge < -0.3 is 24.4 Å². The van der Waals surface area contributed by atoms with E-state index in [4.69, 9.17) is 4.74 Å². The molecular formula is C19H30IN7O. The molecule has 1 fully saturated rings. The minimum absolute atomic E-state index is 0. The van der Waals surface area contributed by atoms with E-state index in [9.17, 15) is 0 Å². The zero-order valence-electron chi connectivity index (χ0n) is 16.6. The standard InChI is InChI=1S/C19H29N7O.HI/c1-20-19(21-9-3-4-10-24-15-22-23-16-24)26-13-11-25(12-14-26)17-5-7-18(27-2)8-6-17;/h5-8,15-16H,3-4,9-14H2,1-2H3,(H,20,21);1H. The molecule has 1 aliphatic rings. The fraction of sp³-hybridized carbons (Fsp3) is 0.526. The number of halogens is 1. The van der Waals surface area contributed by atoms with E-state index in [-0.39, 0.29) is 24.0 Å². The van der Waals surface area contributed by atoms with Gasteiger partial charge in [-0.2, -0.15) is 0 Å². The molecule has 0 amide bonds. The number of ether oxygens (including phenoxy) is 1. The van der Waals surface area contributed by atoms with Crippen molar-refractivity contribution in [1.82, 2.24) is 25.0 Å². The van der Waals surface area contributed by atoms with Crippen LogP contribution in [-0.4, -0.2) is 72.5 Å². The molecule has 2 heterocycles. The van der Waals surface area contributed by atoms with Crippen LogP contribution in [0.5, 0.6) is 5.75 Å². The molecule has 9 heteroatoms. The minimum Gasteiger partial charge on any atom is -0.497 e. The van der Waals surface area contributed by atoms with Crippen LogP contribution in [0.25, 0.3) is 0 Å². The number of guanidine groups is 1. The summed E-state index contributed by atoms with van der Waals surface area (Å²) in [7, 11) is 3.55. The van der Waals surface area contributed by atoms with E-state index in [0.29, 0.717) is 0 Å². The number of aryl methyl sites for hydroxylation is 1. The second-order valence-corrected chi connectivity index (χ2v) is 6.55. The lowest BCUT2D eigenvalue weighted by atomic mass is 10.2. The Morgan fingerprint density at radius 2 is 1.75 bits per heavy atom. The third-order valence-corrected chi connectivity index (χ3v) is 4.82. The van der Waals surface area contributed by atoms with Gasteiger partial charge in [-0.15, -0.1) is 34.2 Å². The summed E-state index contributed by atoms with van der Waals surface area (Å²) in [6.07, 6.45) is 5.69. The molecule has 0 unspecified atom stereocenters. The number of anilines is 1. The van der Waals surface area contributed by atoms with Crippen molar-refractivity contribution in [2.24, 2.45) is 4.99 Å². The first-order valence-electron chi connectivity index (χ1n) is 9.47. The molecule has 154 valence electrons. The average molecular weight is 499 g/mol. The average Bonchev–Trinajstić information content (AvgIpc) is 3.24. The molecule has 1 aliphatic heterocycles. The van der Waals surface area contributed by atoms with Crippen molar-refractivity contribution in [2.45, 2.75) is 19.4 Å². The van der Waals surface area contributed by atoms with E-state index >= 15 is 0 Å². The highest BCUT2D eigenvalue weighted by molar-refractivity contribution is 14.0. The topological polar surface area (TPSA) is 70.8 Å². The molecule has 1 aromatic heterocycles. The Balaban J connectivity index is 0.00000280. The van der Waals surface area contributed by atoms with Gasteiger partial charge in [0.1, 0.15) is 18.4 Å². The van der Waals surface area contributed by atoms with E-state index in [0.717, 1.165) is 63.8 Å². The number of aliphatic imine (C=N–C) groups is 1. The van der Waals surface area contributed by atoms with Gasteiger partial charge in [0.05, 0.1) is 7.11 Å². The lowest BCUT2D eigenvalue weighted by molar-refractivity contribution is 0.372. The zero-order valence-corrected chi connectivity index (χ0v) is 19.0. The van der Waals surface area contributed by atoms with E-state index in [1.54, 1.807) is 19.8 Å². The number of hydrogen-bond donors (Lipinski definition) is 1. The molecule has 0 radical (unpaired) electrons. The number of methoxy groups -OCH3 is 1. The Bertz CT molecular complexity index is 698. The fourth-order valence-electron chi connectivity index (χ4n) is 3.26. The van der Waals surface area contributed by atoms with Crippen LogP contribution in [0.2, 0.25) is 0 Å². The molecule has 1 saturated heterocycles. The van der Waals surface area contributed by atoms with Crippen molar-refractivity contribution in [2.75, 3.05) is 51.8 Å². The molecule has 1 N–H and O–H groups in total. The monoisotopic (exact) mass is 499 g/mol. The van der Waals surface area contributed by atoms with Gasteiger partial charge in [0.15, 0.2) is 5.96 Å². The van der Waals surface area contributed by atoms with Crippen molar-refractivity contribution >= 4 is 35.6 Å². The van der Waals surface area contributed by atoms with E-state index < -0.39 is 0 Å². The normalized spacial score (nSPS) is 14.6. The summed E-state index contributed by atoms with van der Waals surface area (Å²) in [5.74, 6) is 1.89. The van der Waals surface area contributed by atoms with Gasteiger partial charge in [-0.05, 0) is 37.1 Å². The summed E-state index contributed by atoms with van der Waals surface area (Å²) in [5.41, 5.74) is 1.24. The fourth-order valence-corrected chi connectivity index (χ4v) is 3.26. The molecule has 0 bridgehead atoms. The number of nitrogens with zero attached hydrogens (tertiary/aromatic N) is 6. The largest absolute Gasteiger partial charge is 0.497 e. The molecule has 28 heavy (non-hydrogen) atoms.